The van der Waals surface area contributed by atoms with Crippen molar-refractivity contribution < 1.29 is 14.7 Å². The van der Waals surface area contributed by atoms with Crippen molar-refractivity contribution in [2.45, 2.75) is 19.1 Å². The van der Waals surface area contributed by atoms with Gasteiger partial charge in [0.25, 0.3) is 5.91 Å². The van der Waals surface area contributed by atoms with Gasteiger partial charge < -0.3 is 15.3 Å². The Bertz CT molecular complexity index is 471. The number of amides is 2. The Kier molecular flexibility index (Phi) is 3.33. The highest BCUT2D eigenvalue weighted by atomic mass is 16.3. The molecule has 98 valence electrons. The molecule has 0 aromatic carbocycles. The van der Waals surface area contributed by atoms with Gasteiger partial charge in [0.2, 0.25) is 5.91 Å². The van der Waals surface area contributed by atoms with E-state index < -0.39 is 12.1 Å². The Hall–Kier alpha value is -1.89. The molecule has 1 aliphatic rings. The van der Waals surface area contributed by atoms with Gasteiger partial charge in [-0.05, 0) is 6.07 Å². The van der Waals surface area contributed by atoms with E-state index in [1.54, 1.807) is 19.3 Å². The fourth-order valence-corrected chi connectivity index (χ4v) is 2.10. The average molecular weight is 252 g/mol. The smallest absolute Gasteiger partial charge is 0.272 e. The summed E-state index contributed by atoms with van der Waals surface area (Å²) >= 11 is 0. The largest absolute Gasteiger partial charge is 0.389 e. The van der Waals surface area contributed by atoms with Crippen molar-refractivity contribution in [3.63, 3.8) is 0 Å². The van der Waals surface area contributed by atoms with Gasteiger partial charge in [0, 0.05) is 33.3 Å². The molecule has 2 amide bonds. The number of aromatic nitrogens is 2. The van der Waals surface area contributed by atoms with E-state index >= 15 is 0 Å². The van der Waals surface area contributed by atoms with E-state index in [2.05, 4.69) is 10.4 Å². The zero-order chi connectivity index (χ0) is 13.3. The summed E-state index contributed by atoms with van der Waals surface area (Å²) in [7, 11) is 1.69. The van der Waals surface area contributed by atoms with E-state index in [1.807, 2.05) is 0 Å². The van der Waals surface area contributed by atoms with Crippen LogP contribution in [-0.4, -0.2) is 56.8 Å². The minimum atomic E-state index is -0.730. The molecular formula is C11H16N4O3. The third-order valence-corrected chi connectivity index (χ3v) is 3.00. The molecule has 2 N–H and O–H groups in total. The van der Waals surface area contributed by atoms with Crippen LogP contribution in [0.25, 0.3) is 0 Å². The van der Waals surface area contributed by atoms with E-state index in [-0.39, 0.29) is 18.4 Å². The van der Waals surface area contributed by atoms with Gasteiger partial charge in [0.15, 0.2) is 0 Å². The number of nitrogens with one attached hydrogen (secondary N) is 1. The van der Waals surface area contributed by atoms with Crippen LogP contribution < -0.4 is 5.32 Å². The second-order valence-electron chi connectivity index (χ2n) is 4.42. The van der Waals surface area contributed by atoms with Crippen molar-refractivity contribution in [1.82, 2.24) is 20.0 Å². The van der Waals surface area contributed by atoms with Gasteiger partial charge in [0.05, 0.1) is 12.1 Å². The number of hydrogen-bond donors (Lipinski definition) is 2. The van der Waals surface area contributed by atoms with Crippen LogP contribution in [0.2, 0.25) is 0 Å². The Morgan fingerprint density at radius 3 is 2.78 bits per heavy atom. The van der Waals surface area contributed by atoms with E-state index in [0.29, 0.717) is 12.2 Å². The highest BCUT2D eigenvalue weighted by Gasteiger charge is 2.35. The minimum Gasteiger partial charge on any atom is -0.389 e. The lowest BCUT2D eigenvalue weighted by molar-refractivity contribution is -0.120. The molecule has 0 radical (unpaired) electrons. The normalized spacial score (nSPS) is 23.2. The summed E-state index contributed by atoms with van der Waals surface area (Å²) in [6.07, 6.45) is 0.816. The summed E-state index contributed by atoms with van der Waals surface area (Å²) < 4.78 is 1.49. The number of likely N-dealkylation sites (tertiary alicyclic amines) is 1. The lowest BCUT2D eigenvalue weighted by atomic mass is 10.2. The second kappa shape index (κ2) is 4.77. The number of β-amino-alcohol motifs (C(OH)–C–C–N with tert-alkyl or cyclic N) is 1. The van der Waals surface area contributed by atoms with Crippen molar-refractivity contribution in [2.75, 3.05) is 13.1 Å². The molecule has 1 fully saturated rings. The number of aliphatic hydroxyl groups excluding tert-OH is 1. The standard InChI is InChI=1S/C11H16N4O3/c1-7(16)13-8-5-15(6-10(8)17)11(18)9-3-4-12-14(9)2/h3-4,8,10,17H,5-6H2,1-2H3,(H,13,16)/t8-,10-/m1/s1. The fraction of sp³-hybridized carbons (Fsp3) is 0.545. The number of aliphatic hydroxyl groups is 1. The number of rotatable bonds is 2. The zero-order valence-corrected chi connectivity index (χ0v) is 10.3. The van der Waals surface area contributed by atoms with Crippen LogP contribution in [0.1, 0.15) is 17.4 Å². The van der Waals surface area contributed by atoms with E-state index in [0.717, 1.165) is 0 Å². The summed E-state index contributed by atoms with van der Waals surface area (Å²) in [6.45, 7) is 1.91. The molecule has 0 unspecified atom stereocenters. The maximum absolute atomic E-state index is 12.1. The molecule has 2 atom stereocenters. The van der Waals surface area contributed by atoms with Crippen molar-refractivity contribution in [1.29, 1.82) is 0 Å². The Labute approximate surface area is 104 Å². The molecule has 0 spiro atoms. The Morgan fingerprint density at radius 2 is 2.22 bits per heavy atom. The molecule has 18 heavy (non-hydrogen) atoms. The van der Waals surface area contributed by atoms with Crippen molar-refractivity contribution >= 4 is 11.8 Å². The number of carbonyl (C=O) groups is 2. The first-order chi connectivity index (χ1) is 8.49. The second-order valence-corrected chi connectivity index (χ2v) is 4.42. The topological polar surface area (TPSA) is 87.5 Å². The molecule has 2 rings (SSSR count). The van der Waals surface area contributed by atoms with E-state index in [4.69, 9.17) is 0 Å². The molecule has 0 bridgehead atoms. The maximum atomic E-state index is 12.1. The molecule has 1 aromatic rings. The van der Waals surface area contributed by atoms with Crippen LogP contribution in [0.15, 0.2) is 12.3 Å². The molecule has 2 heterocycles. The van der Waals surface area contributed by atoms with E-state index in [9.17, 15) is 14.7 Å². The molecule has 1 aliphatic heterocycles. The van der Waals surface area contributed by atoms with Gasteiger partial charge in [-0.15, -0.1) is 0 Å². The molecule has 0 saturated carbocycles. The van der Waals surface area contributed by atoms with Gasteiger partial charge in [-0.2, -0.15) is 5.10 Å². The molecule has 1 aromatic heterocycles. The SMILES string of the molecule is CC(=O)N[C@@H]1CN(C(=O)c2ccnn2C)C[C@H]1O. The van der Waals surface area contributed by atoms with Gasteiger partial charge in [-0.25, -0.2) is 0 Å². The summed E-state index contributed by atoms with van der Waals surface area (Å²) in [5.41, 5.74) is 0.464. The number of hydrogen-bond acceptors (Lipinski definition) is 4. The fourth-order valence-electron chi connectivity index (χ4n) is 2.10. The monoisotopic (exact) mass is 252 g/mol. The number of nitrogens with zero attached hydrogens (tertiary/aromatic N) is 3. The number of carbonyl (C=O) groups excluding carboxylic acids is 2. The van der Waals surface area contributed by atoms with Crippen molar-refractivity contribution in [2.24, 2.45) is 7.05 Å². The predicted molar refractivity (Wildman–Crippen MR) is 62.7 cm³/mol. The Morgan fingerprint density at radius 1 is 1.50 bits per heavy atom. The first kappa shape index (κ1) is 12.6. The highest BCUT2D eigenvalue weighted by Crippen LogP contribution is 2.14. The van der Waals surface area contributed by atoms with Gasteiger partial charge in [-0.3, -0.25) is 14.3 Å². The van der Waals surface area contributed by atoms with Crippen LogP contribution in [0, 0.1) is 0 Å². The molecule has 1 saturated heterocycles. The lowest BCUT2D eigenvalue weighted by Crippen LogP contribution is -2.42. The predicted octanol–water partition coefficient (Wildman–Crippen LogP) is -1.26. The first-order valence-electron chi connectivity index (χ1n) is 5.71. The summed E-state index contributed by atoms with van der Waals surface area (Å²) in [5.74, 6) is -0.407. The molecule has 0 aliphatic carbocycles. The minimum absolute atomic E-state index is 0.193. The van der Waals surface area contributed by atoms with Gasteiger partial charge in [-0.1, -0.05) is 0 Å². The lowest BCUT2D eigenvalue weighted by Gasteiger charge is -2.16. The van der Waals surface area contributed by atoms with Crippen LogP contribution in [0.4, 0.5) is 0 Å². The third-order valence-electron chi connectivity index (χ3n) is 3.00. The highest BCUT2D eigenvalue weighted by molar-refractivity contribution is 5.92. The third kappa shape index (κ3) is 2.35. The zero-order valence-electron chi connectivity index (χ0n) is 10.3. The van der Waals surface area contributed by atoms with Crippen LogP contribution in [0.5, 0.6) is 0 Å². The Balaban J connectivity index is 2.06. The molecule has 7 nitrogen and oxygen atoms in total. The van der Waals surface area contributed by atoms with Crippen molar-refractivity contribution in [3.05, 3.63) is 18.0 Å². The van der Waals surface area contributed by atoms with E-state index in [1.165, 1.54) is 16.5 Å². The molecular weight excluding hydrogens is 236 g/mol. The van der Waals surface area contributed by atoms with Gasteiger partial charge in [0.1, 0.15) is 5.69 Å². The summed E-state index contributed by atoms with van der Waals surface area (Å²) in [4.78, 5) is 24.6. The quantitative estimate of drug-likeness (QED) is 0.688. The van der Waals surface area contributed by atoms with Crippen LogP contribution in [0.3, 0.4) is 0 Å². The summed E-state index contributed by atoms with van der Waals surface area (Å²) in [5, 5.41) is 16.4. The summed E-state index contributed by atoms with van der Waals surface area (Å²) in [6, 6.07) is 1.22. The van der Waals surface area contributed by atoms with Crippen molar-refractivity contribution in [3.8, 4) is 0 Å². The van der Waals surface area contributed by atoms with Crippen LogP contribution >= 0.6 is 0 Å². The first-order valence-corrected chi connectivity index (χ1v) is 5.71. The van der Waals surface area contributed by atoms with Gasteiger partial charge >= 0.3 is 0 Å². The number of aryl methyl sites for hydroxylation is 1. The molecule has 7 heteroatoms. The maximum Gasteiger partial charge on any atom is 0.272 e. The average Bonchev–Trinajstić information content (AvgIpc) is 2.85. The van der Waals surface area contributed by atoms with Crippen LogP contribution in [-0.2, 0) is 11.8 Å².